The van der Waals surface area contributed by atoms with Gasteiger partial charge in [-0.15, -0.1) is 0 Å². The number of benzene rings is 1. The van der Waals surface area contributed by atoms with Crippen molar-refractivity contribution in [3.05, 3.63) is 42.2 Å². The minimum absolute atomic E-state index is 0.338. The SMILES string of the molecule is OC(c1cccc2ccncc12)C1CCCCS1. The van der Waals surface area contributed by atoms with Crippen molar-refractivity contribution in [1.29, 1.82) is 0 Å². The van der Waals surface area contributed by atoms with Gasteiger partial charge in [-0.1, -0.05) is 24.6 Å². The molecule has 0 aliphatic carbocycles. The smallest absolute Gasteiger partial charge is 0.0915 e. The Balaban J connectivity index is 1.97. The molecule has 94 valence electrons. The quantitative estimate of drug-likeness (QED) is 0.895. The number of hydrogen-bond donors (Lipinski definition) is 1. The molecule has 1 aromatic heterocycles. The maximum Gasteiger partial charge on any atom is 0.0915 e. The maximum atomic E-state index is 10.6. The maximum absolute atomic E-state index is 10.6. The molecule has 3 heteroatoms. The van der Waals surface area contributed by atoms with E-state index in [-0.39, 0.29) is 6.10 Å². The van der Waals surface area contributed by atoms with E-state index in [4.69, 9.17) is 0 Å². The van der Waals surface area contributed by atoms with Crippen LogP contribution in [0, 0.1) is 0 Å². The molecule has 1 aliphatic heterocycles. The Morgan fingerprint density at radius 2 is 2.22 bits per heavy atom. The molecule has 2 unspecified atom stereocenters. The zero-order valence-corrected chi connectivity index (χ0v) is 11.1. The van der Waals surface area contributed by atoms with Gasteiger partial charge in [0.05, 0.1) is 6.10 Å². The summed E-state index contributed by atoms with van der Waals surface area (Å²) >= 11 is 1.90. The number of hydrogen-bond acceptors (Lipinski definition) is 3. The van der Waals surface area contributed by atoms with Gasteiger partial charge in [0, 0.05) is 23.0 Å². The molecular formula is C15H17NOS. The van der Waals surface area contributed by atoms with Gasteiger partial charge in [-0.05, 0) is 35.6 Å². The van der Waals surface area contributed by atoms with Crippen molar-refractivity contribution in [2.75, 3.05) is 5.75 Å². The molecule has 1 fully saturated rings. The molecule has 0 saturated carbocycles. The summed E-state index contributed by atoms with van der Waals surface area (Å²) in [6.45, 7) is 0. The van der Waals surface area contributed by atoms with Gasteiger partial charge in [-0.3, -0.25) is 4.98 Å². The minimum atomic E-state index is -0.372. The lowest BCUT2D eigenvalue weighted by Gasteiger charge is -2.27. The second-order valence-electron chi connectivity index (χ2n) is 4.79. The number of fused-ring (bicyclic) bond motifs is 1. The first-order valence-electron chi connectivity index (χ1n) is 6.48. The summed E-state index contributed by atoms with van der Waals surface area (Å²) in [6.07, 6.45) is 6.92. The second-order valence-corrected chi connectivity index (χ2v) is 6.14. The third-order valence-electron chi connectivity index (χ3n) is 3.60. The summed E-state index contributed by atoms with van der Waals surface area (Å²) in [5, 5.41) is 13.2. The predicted octanol–water partition coefficient (Wildman–Crippen LogP) is 3.55. The van der Waals surface area contributed by atoms with Gasteiger partial charge < -0.3 is 5.11 Å². The average Bonchev–Trinajstić information content (AvgIpc) is 2.47. The highest BCUT2D eigenvalue weighted by Crippen LogP contribution is 2.36. The van der Waals surface area contributed by atoms with Crippen molar-refractivity contribution >= 4 is 22.5 Å². The van der Waals surface area contributed by atoms with Crippen LogP contribution >= 0.6 is 11.8 Å². The fraction of sp³-hybridized carbons (Fsp3) is 0.400. The average molecular weight is 259 g/mol. The fourth-order valence-electron chi connectivity index (χ4n) is 2.61. The number of pyridine rings is 1. The van der Waals surface area contributed by atoms with Crippen LogP contribution in [0.25, 0.3) is 10.8 Å². The summed E-state index contributed by atoms with van der Waals surface area (Å²) in [7, 11) is 0. The van der Waals surface area contributed by atoms with Gasteiger partial charge in [0.2, 0.25) is 0 Å². The van der Waals surface area contributed by atoms with E-state index in [1.54, 1.807) is 6.20 Å². The van der Waals surface area contributed by atoms with E-state index >= 15 is 0 Å². The predicted molar refractivity (Wildman–Crippen MR) is 76.8 cm³/mol. The van der Waals surface area contributed by atoms with E-state index in [1.165, 1.54) is 18.6 Å². The molecule has 1 N–H and O–H groups in total. The van der Waals surface area contributed by atoms with Crippen LogP contribution in [0.3, 0.4) is 0 Å². The van der Waals surface area contributed by atoms with Crippen molar-refractivity contribution < 1.29 is 5.11 Å². The zero-order chi connectivity index (χ0) is 12.4. The largest absolute Gasteiger partial charge is 0.387 e. The summed E-state index contributed by atoms with van der Waals surface area (Å²) < 4.78 is 0. The Morgan fingerprint density at radius 3 is 3.06 bits per heavy atom. The van der Waals surface area contributed by atoms with Crippen LogP contribution in [0.5, 0.6) is 0 Å². The molecule has 2 atom stereocenters. The molecule has 1 aliphatic rings. The highest BCUT2D eigenvalue weighted by atomic mass is 32.2. The summed E-state index contributed by atoms with van der Waals surface area (Å²) in [5.74, 6) is 1.17. The highest BCUT2D eigenvalue weighted by Gasteiger charge is 2.24. The molecule has 3 rings (SSSR count). The molecule has 0 amide bonds. The first-order valence-corrected chi connectivity index (χ1v) is 7.53. The number of nitrogens with zero attached hydrogens (tertiary/aromatic N) is 1. The summed E-state index contributed by atoms with van der Waals surface area (Å²) in [5.41, 5.74) is 1.03. The van der Waals surface area contributed by atoms with Crippen LogP contribution in [0.2, 0.25) is 0 Å². The molecule has 0 radical (unpaired) electrons. The van der Waals surface area contributed by atoms with Gasteiger partial charge in [0.15, 0.2) is 0 Å². The molecule has 2 aromatic rings. The van der Waals surface area contributed by atoms with Gasteiger partial charge in [-0.25, -0.2) is 0 Å². The Kier molecular flexibility index (Phi) is 3.52. The van der Waals surface area contributed by atoms with Gasteiger partial charge in [0.25, 0.3) is 0 Å². The van der Waals surface area contributed by atoms with Crippen LogP contribution in [0.1, 0.15) is 30.9 Å². The number of rotatable bonds is 2. The normalized spacial score (nSPS) is 21.9. The standard InChI is InChI=1S/C15H17NOS/c17-15(14-6-1-2-9-18-14)12-5-3-4-11-7-8-16-10-13(11)12/h3-5,7-8,10,14-15,17H,1-2,6,9H2. The van der Waals surface area contributed by atoms with Crippen LogP contribution in [0.4, 0.5) is 0 Å². The first-order chi connectivity index (χ1) is 8.86. The number of thioether (sulfide) groups is 1. The van der Waals surface area contributed by atoms with E-state index in [0.29, 0.717) is 5.25 Å². The Morgan fingerprint density at radius 1 is 1.28 bits per heavy atom. The monoisotopic (exact) mass is 259 g/mol. The summed E-state index contributed by atoms with van der Waals surface area (Å²) in [4.78, 5) is 4.18. The first kappa shape index (κ1) is 12.0. The zero-order valence-electron chi connectivity index (χ0n) is 10.2. The van der Waals surface area contributed by atoms with Crippen LogP contribution in [0.15, 0.2) is 36.7 Å². The Labute approximate surface area is 111 Å². The number of aliphatic hydroxyl groups excluding tert-OH is 1. The third kappa shape index (κ3) is 2.25. The van der Waals surface area contributed by atoms with Crippen LogP contribution < -0.4 is 0 Å². The van der Waals surface area contributed by atoms with Gasteiger partial charge >= 0.3 is 0 Å². The van der Waals surface area contributed by atoms with Gasteiger partial charge in [-0.2, -0.15) is 11.8 Å². The van der Waals surface area contributed by atoms with Crippen LogP contribution in [-0.2, 0) is 0 Å². The molecule has 2 heterocycles. The second kappa shape index (κ2) is 5.29. The van der Waals surface area contributed by atoms with Crippen molar-refractivity contribution in [3.63, 3.8) is 0 Å². The summed E-state index contributed by atoms with van der Waals surface area (Å²) in [6, 6.07) is 8.12. The number of aromatic nitrogens is 1. The van der Waals surface area contributed by atoms with E-state index in [1.807, 2.05) is 36.2 Å². The Hall–Kier alpha value is -1.06. The van der Waals surface area contributed by atoms with E-state index in [0.717, 1.165) is 22.8 Å². The van der Waals surface area contributed by atoms with E-state index in [2.05, 4.69) is 11.1 Å². The van der Waals surface area contributed by atoms with Crippen LogP contribution in [-0.4, -0.2) is 21.1 Å². The van der Waals surface area contributed by atoms with Crippen molar-refractivity contribution in [2.24, 2.45) is 0 Å². The lowest BCUT2D eigenvalue weighted by molar-refractivity contribution is 0.170. The van der Waals surface area contributed by atoms with E-state index in [9.17, 15) is 5.11 Å². The molecule has 18 heavy (non-hydrogen) atoms. The topological polar surface area (TPSA) is 33.1 Å². The molecule has 1 aromatic carbocycles. The minimum Gasteiger partial charge on any atom is -0.387 e. The molecule has 0 bridgehead atoms. The fourth-order valence-corrected chi connectivity index (χ4v) is 3.95. The molecule has 2 nitrogen and oxygen atoms in total. The molecular weight excluding hydrogens is 242 g/mol. The number of aliphatic hydroxyl groups is 1. The lowest BCUT2D eigenvalue weighted by atomic mass is 9.97. The van der Waals surface area contributed by atoms with Crippen molar-refractivity contribution in [1.82, 2.24) is 4.98 Å². The molecule has 1 saturated heterocycles. The highest BCUT2D eigenvalue weighted by molar-refractivity contribution is 7.99. The Bertz CT molecular complexity index is 532. The van der Waals surface area contributed by atoms with Crippen molar-refractivity contribution in [3.8, 4) is 0 Å². The molecule has 0 spiro atoms. The third-order valence-corrected chi connectivity index (χ3v) is 5.05. The lowest BCUT2D eigenvalue weighted by Crippen LogP contribution is -2.19. The van der Waals surface area contributed by atoms with E-state index < -0.39 is 0 Å². The van der Waals surface area contributed by atoms with Crippen molar-refractivity contribution in [2.45, 2.75) is 30.6 Å². The van der Waals surface area contributed by atoms with Gasteiger partial charge in [0.1, 0.15) is 0 Å².